The summed E-state index contributed by atoms with van der Waals surface area (Å²) in [5.41, 5.74) is 0. The molecular weight excluding hydrogens is 673 g/mol. The molecule has 0 saturated carbocycles. The predicted octanol–water partition coefficient (Wildman–Crippen LogP) is 15.0. The number of hydrogen-bond acceptors (Lipinski definition) is 6. The molecule has 0 fully saturated rings. The summed E-state index contributed by atoms with van der Waals surface area (Å²) in [6, 6.07) is 0. The van der Waals surface area contributed by atoms with Crippen LogP contribution in [0.3, 0.4) is 0 Å². The molecule has 0 rings (SSSR count). The summed E-state index contributed by atoms with van der Waals surface area (Å²) in [6.07, 6.45) is 39.5. The van der Waals surface area contributed by atoms with Crippen LogP contribution in [0.5, 0.6) is 0 Å². The summed E-state index contributed by atoms with van der Waals surface area (Å²) in [5.74, 6) is 0.752. The van der Waals surface area contributed by atoms with Crippen LogP contribution >= 0.6 is 0 Å². The molecule has 0 aliphatic heterocycles. The van der Waals surface area contributed by atoms with E-state index in [1.807, 2.05) is 0 Å². The van der Waals surface area contributed by atoms with E-state index in [0.29, 0.717) is 19.3 Å². The zero-order valence-corrected chi connectivity index (χ0v) is 36.8. The van der Waals surface area contributed by atoms with Gasteiger partial charge in [0.25, 0.3) is 0 Å². The van der Waals surface area contributed by atoms with Gasteiger partial charge in [-0.2, -0.15) is 0 Å². The van der Waals surface area contributed by atoms with Gasteiger partial charge in [0.05, 0.1) is 0 Å². The van der Waals surface area contributed by atoms with Gasteiger partial charge in [-0.3, -0.25) is 14.4 Å². The molecule has 6 heteroatoms. The Kier molecular flexibility index (Phi) is 39.8. The molecule has 0 aliphatic rings. The first kappa shape index (κ1) is 52.4. The van der Waals surface area contributed by atoms with Crippen LogP contribution in [0.25, 0.3) is 0 Å². The summed E-state index contributed by atoms with van der Waals surface area (Å²) < 4.78 is 16.7. The topological polar surface area (TPSA) is 78.9 Å². The number of carbonyl (C=O) groups excluding carboxylic acids is 3. The van der Waals surface area contributed by atoms with Crippen molar-refractivity contribution in [3.8, 4) is 0 Å². The van der Waals surface area contributed by atoms with Crippen molar-refractivity contribution in [3.63, 3.8) is 0 Å². The maximum atomic E-state index is 12.7. The molecule has 0 saturated heterocycles. The molecule has 0 heterocycles. The van der Waals surface area contributed by atoms with E-state index in [0.717, 1.165) is 69.6 Å². The lowest BCUT2D eigenvalue weighted by atomic mass is 10.00. The van der Waals surface area contributed by atoms with Gasteiger partial charge in [-0.25, -0.2) is 0 Å². The van der Waals surface area contributed by atoms with Crippen molar-refractivity contribution in [3.05, 3.63) is 0 Å². The SMILES string of the molecule is CCCCCCCCCCCCCCCCCC(=O)O[C@H](COC(=O)CCCCCCCCCCC(C)C)COC(=O)CCCCCCCCC(C)CC. The standard InChI is InChI=1S/C48H92O6/c1-6-8-9-10-11-12-13-14-15-16-17-18-23-30-35-40-48(51)54-45(42-53-47(50)39-34-29-25-24-27-32-37-44(5)7-2)41-52-46(49)38-33-28-22-20-19-21-26-31-36-43(3)4/h43-45H,6-42H2,1-5H3/t44?,45-/m1/s1. The first-order valence-corrected chi connectivity index (χ1v) is 23.8. The number of ether oxygens (including phenoxy) is 3. The van der Waals surface area contributed by atoms with Crippen molar-refractivity contribution in [1.82, 2.24) is 0 Å². The molecule has 0 radical (unpaired) electrons. The Morgan fingerprint density at radius 3 is 1.06 bits per heavy atom. The van der Waals surface area contributed by atoms with Gasteiger partial charge in [-0.1, -0.05) is 221 Å². The van der Waals surface area contributed by atoms with Gasteiger partial charge in [0.15, 0.2) is 6.10 Å². The minimum absolute atomic E-state index is 0.0657. The highest BCUT2D eigenvalue weighted by atomic mass is 16.6. The molecule has 0 aromatic heterocycles. The van der Waals surface area contributed by atoms with Gasteiger partial charge in [0.2, 0.25) is 0 Å². The Balaban J connectivity index is 4.33. The van der Waals surface area contributed by atoms with E-state index in [2.05, 4.69) is 34.6 Å². The Hall–Kier alpha value is -1.59. The molecular formula is C48H92O6. The maximum Gasteiger partial charge on any atom is 0.306 e. The van der Waals surface area contributed by atoms with Crippen molar-refractivity contribution in [1.29, 1.82) is 0 Å². The second-order valence-electron chi connectivity index (χ2n) is 17.1. The van der Waals surface area contributed by atoms with Crippen LogP contribution in [-0.4, -0.2) is 37.2 Å². The molecule has 0 aliphatic carbocycles. The number of esters is 3. The molecule has 2 atom stereocenters. The highest BCUT2D eigenvalue weighted by Gasteiger charge is 2.19. The van der Waals surface area contributed by atoms with Gasteiger partial charge in [-0.15, -0.1) is 0 Å². The Morgan fingerprint density at radius 2 is 0.704 bits per heavy atom. The largest absolute Gasteiger partial charge is 0.462 e. The van der Waals surface area contributed by atoms with Crippen LogP contribution in [0.15, 0.2) is 0 Å². The van der Waals surface area contributed by atoms with Crippen molar-refractivity contribution >= 4 is 17.9 Å². The number of hydrogen-bond donors (Lipinski definition) is 0. The highest BCUT2D eigenvalue weighted by molar-refractivity contribution is 5.71. The van der Waals surface area contributed by atoms with E-state index in [-0.39, 0.29) is 31.1 Å². The number of carbonyl (C=O) groups is 3. The van der Waals surface area contributed by atoms with Crippen LogP contribution in [0.4, 0.5) is 0 Å². The molecule has 6 nitrogen and oxygen atoms in total. The molecule has 320 valence electrons. The third-order valence-electron chi connectivity index (χ3n) is 11.1. The lowest BCUT2D eigenvalue weighted by Gasteiger charge is -2.18. The lowest BCUT2D eigenvalue weighted by molar-refractivity contribution is -0.167. The second kappa shape index (κ2) is 41.1. The minimum Gasteiger partial charge on any atom is -0.462 e. The average molecular weight is 765 g/mol. The van der Waals surface area contributed by atoms with Gasteiger partial charge < -0.3 is 14.2 Å². The fraction of sp³-hybridized carbons (Fsp3) is 0.938. The molecule has 0 aromatic rings. The van der Waals surface area contributed by atoms with Crippen LogP contribution in [0.1, 0.15) is 259 Å². The van der Waals surface area contributed by atoms with Gasteiger partial charge >= 0.3 is 17.9 Å². The van der Waals surface area contributed by atoms with E-state index in [1.54, 1.807) is 0 Å². The first-order valence-electron chi connectivity index (χ1n) is 23.8. The third kappa shape index (κ3) is 40.1. The Labute approximate surface area is 336 Å². The predicted molar refractivity (Wildman–Crippen MR) is 229 cm³/mol. The maximum absolute atomic E-state index is 12.7. The normalized spacial score (nSPS) is 12.6. The van der Waals surface area contributed by atoms with E-state index < -0.39 is 6.10 Å². The molecule has 54 heavy (non-hydrogen) atoms. The zero-order chi connectivity index (χ0) is 39.7. The van der Waals surface area contributed by atoms with E-state index >= 15 is 0 Å². The lowest BCUT2D eigenvalue weighted by Crippen LogP contribution is -2.30. The summed E-state index contributed by atoms with van der Waals surface area (Å²) in [4.78, 5) is 37.7. The molecule has 0 amide bonds. The molecule has 1 unspecified atom stereocenters. The smallest absolute Gasteiger partial charge is 0.306 e. The number of rotatable bonds is 42. The first-order chi connectivity index (χ1) is 26.3. The average Bonchev–Trinajstić information content (AvgIpc) is 3.15. The van der Waals surface area contributed by atoms with Crippen LogP contribution in [-0.2, 0) is 28.6 Å². The van der Waals surface area contributed by atoms with Crippen molar-refractivity contribution in [2.75, 3.05) is 13.2 Å². The fourth-order valence-electron chi connectivity index (χ4n) is 7.07. The van der Waals surface area contributed by atoms with Crippen molar-refractivity contribution in [2.24, 2.45) is 11.8 Å². The summed E-state index contributed by atoms with van der Waals surface area (Å²) in [6.45, 7) is 11.3. The monoisotopic (exact) mass is 765 g/mol. The highest BCUT2D eigenvalue weighted by Crippen LogP contribution is 2.17. The van der Waals surface area contributed by atoms with Gasteiger partial charge in [-0.05, 0) is 31.1 Å². The van der Waals surface area contributed by atoms with Gasteiger partial charge in [0.1, 0.15) is 13.2 Å². The van der Waals surface area contributed by atoms with E-state index in [1.165, 1.54) is 148 Å². The molecule has 0 aromatic carbocycles. The third-order valence-corrected chi connectivity index (χ3v) is 11.1. The molecule has 0 bridgehead atoms. The molecule has 0 spiro atoms. The quantitative estimate of drug-likeness (QED) is 0.0350. The number of unbranched alkanes of at least 4 members (excludes halogenated alkanes) is 26. The Morgan fingerprint density at radius 1 is 0.389 bits per heavy atom. The Bertz CT molecular complexity index is 826. The second-order valence-corrected chi connectivity index (χ2v) is 17.1. The van der Waals surface area contributed by atoms with Crippen LogP contribution in [0.2, 0.25) is 0 Å². The molecule has 0 N–H and O–H groups in total. The van der Waals surface area contributed by atoms with E-state index in [9.17, 15) is 14.4 Å². The minimum atomic E-state index is -0.761. The van der Waals surface area contributed by atoms with E-state index in [4.69, 9.17) is 14.2 Å². The van der Waals surface area contributed by atoms with Crippen LogP contribution < -0.4 is 0 Å². The zero-order valence-electron chi connectivity index (χ0n) is 36.8. The summed E-state index contributed by atoms with van der Waals surface area (Å²) in [7, 11) is 0. The van der Waals surface area contributed by atoms with Crippen LogP contribution in [0, 0.1) is 11.8 Å². The van der Waals surface area contributed by atoms with Gasteiger partial charge in [0, 0.05) is 19.3 Å². The fourth-order valence-corrected chi connectivity index (χ4v) is 7.07. The van der Waals surface area contributed by atoms with Crippen molar-refractivity contribution in [2.45, 2.75) is 265 Å². The summed E-state index contributed by atoms with van der Waals surface area (Å²) >= 11 is 0. The van der Waals surface area contributed by atoms with Crippen molar-refractivity contribution < 1.29 is 28.6 Å². The summed E-state index contributed by atoms with van der Waals surface area (Å²) in [5, 5.41) is 0.